The second kappa shape index (κ2) is 3.97. The van der Waals surface area contributed by atoms with Crippen LogP contribution < -0.4 is 5.73 Å². The lowest BCUT2D eigenvalue weighted by Gasteiger charge is -2.30. The Morgan fingerprint density at radius 3 is 2.46 bits per heavy atom. The van der Waals surface area contributed by atoms with Crippen molar-refractivity contribution < 1.29 is 0 Å². The first-order valence-electron chi connectivity index (χ1n) is 5.72. The van der Waals surface area contributed by atoms with E-state index in [2.05, 4.69) is 11.8 Å². The molecule has 2 N–H and O–H groups in total. The van der Waals surface area contributed by atoms with E-state index in [1.54, 1.807) is 0 Å². The van der Waals surface area contributed by atoms with Gasteiger partial charge in [0, 0.05) is 6.54 Å². The van der Waals surface area contributed by atoms with Gasteiger partial charge in [-0.3, -0.25) is 0 Å². The molecule has 2 atom stereocenters. The van der Waals surface area contributed by atoms with Gasteiger partial charge in [-0.05, 0) is 56.7 Å². The summed E-state index contributed by atoms with van der Waals surface area (Å²) in [5.74, 6) is 2.76. The summed E-state index contributed by atoms with van der Waals surface area (Å²) in [5, 5.41) is 0. The fourth-order valence-corrected chi connectivity index (χ4v) is 2.40. The van der Waals surface area contributed by atoms with Gasteiger partial charge in [0.1, 0.15) is 0 Å². The van der Waals surface area contributed by atoms with Gasteiger partial charge in [-0.25, -0.2) is 0 Å². The van der Waals surface area contributed by atoms with Crippen LogP contribution in [0, 0.1) is 17.8 Å². The lowest BCUT2D eigenvalue weighted by Crippen LogP contribution is -2.34. The van der Waals surface area contributed by atoms with E-state index in [1.807, 2.05) is 0 Å². The Kier molecular flexibility index (Phi) is 2.89. The number of hydrogen-bond donors (Lipinski definition) is 1. The Morgan fingerprint density at radius 2 is 1.92 bits per heavy atom. The number of piperidine rings is 1. The Bertz CT molecular complexity index is 161. The van der Waals surface area contributed by atoms with Crippen molar-refractivity contribution in [2.75, 3.05) is 26.2 Å². The second-order valence-electron chi connectivity index (χ2n) is 4.97. The summed E-state index contributed by atoms with van der Waals surface area (Å²) in [6.07, 6.45) is 4.20. The summed E-state index contributed by atoms with van der Waals surface area (Å²) >= 11 is 0. The first-order chi connectivity index (χ1) is 6.29. The molecule has 0 radical (unpaired) electrons. The number of nitrogens with zero attached hydrogens (tertiary/aromatic N) is 1. The van der Waals surface area contributed by atoms with Gasteiger partial charge in [-0.1, -0.05) is 6.92 Å². The molecule has 0 aromatic rings. The third-order valence-electron chi connectivity index (χ3n) is 3.74. The monoisotopic (exact) mass is 182 g/mol. The number of hydrogen-bond acceptors (Lipinski definition) is 2. The predicted octanol–water partition coefficient (Wildman–Crippen LogP) is 1.31. The van der Waals surface area contributed by atoms with Gasteiger partial charge in [0.05, 0.1) is 0 Å². The van der Waals surface area contributed by atoms with E-state index in [0.29, 0.717) is 0 Å². The van der Waals surface area contributed by atoms with Crippen molar-refractivity contribution in [2.24, 2.45) is 23.5 Å². The van der Waals surface area contributed by atoms with Gasteiger partial charge in [0.25, 0.3) is 0 Å². The van der Waals surface area contributed by atoms with Gasteiger partial charge in [-0.15, -0.1) is 0 Å². The maximum absolute atomic E-state index is 5.63. The minimum atomic E-state index is 0.861. The molecule has 0 bridgehead atoms. The zero-order valence-electron chi connectivity index (χ0n) is 8.71. The highest BCUT2D eigenvalue weighted by molar-refractivity contribution is 4.89. The third kappa shape index (κ3) is 2.44. The number of nitrogens with two attached hydrogens (primary N) is 1. The summed E-state index contributed by atoms with van der Waals surface area (Å²) in [7, 11) is 0. The van der Waals surface area contributed by atoms with Crippen molar-refractivity contribution in [3.63, 3.8) is 0 Å². The van der Waals surface area contributed by atoms with Crippen LogP contribution >= 0.6 is 0 Å². The molecule has 2 fully saturated rings. The van der Waals surface area contributed by atoms with Crippen molar-refractivity contribution >= 4 is 0 Å². The minimum absolute atomic E-state index is 0.861. The van der Waals surface area contributed by atoms with Gasteiger partial charge in [0.2, 0.25) is 0 Å². The first-order valence-corrected chi connectivity index (χ1v) is 5.72. The maximum atomic E-state index is 5.63. The lowest BCUT2D eigenvalue weighted by atomic mass is 9.99. The molecule has 0 unspecified atom stereocenters. The van der Waals surface area contributed by atoms with E-state index in [-0.39, 0.29) is 0 Å². The van der Waals surface area contributed by atoms with Crippen LogP contribution in [0.3, 0.4) is 0 Å². The van der Waals surface area contributed by atoms with Crippen molar-refractivity contribution in [1.29, 1.82) is 0 Å². The molecule has 1 heterocycles. The molecule has 1 aliphatic carbocycles. The fraction of sp³-hybridized carbons (Fsp3) is 1.00. The predicted molar refractivity (Wildman–Crippen MR) is 55.5 cm³/mol. The normalized spacial score (nSPS) is 36.5. The van der Waals surface area contributed by atoms with Gasteiger partial charge >= 0.3 is 0 Å². The Balaban J connectivity index is 1.66. The highest BCUT2D eigenvalue weighted by Gasteiger charge is 2.36. The Morgan fingerprint density at radius 1 is 1.23 bits per heavy atom. The van der Waals surface area contributed by atoms with Crippen molar-refractivity contribution in [3.05, 3.63) is 0 Å². The average Bonchev–Trinajstić information content (AvgIpc) is 2.88. The molecule has 2 aliphatic rings. The van der Waals surface area contributed by atoms with Crippen LogP contribution in [0.1, 0.15) is 26.2 Å². The molecule has 13 heavy (non-hydrogen) atoms. The molecule has 2 rings (SSSR count). The highest BCUT2D eigenvalue weighted by Crippen LogP contribution is 2.38. The third-order valence-corrected chi connectivity index (χ3v) is 3.74. The van der Waals surface area contributed by atoms with Crippen LogP contribution in [-0.2, 0) is 0 Å². The molecule has 1 saturated carbocycles. The largest absolute Gasteiger partial charge is 0.330 e. The van der Waals surface area contributed by atoms with Crippen LogP contribution in [0.2, 0.25) is 0 Å². The Hall–Kier alpha value is -0.0800. The maximum Gasteiger partial charge on any atom is 0.00129 e. The van der Waals surface area contributed by atoms with Gasteiger partial charge in [0.15, 0.2) is 0 Å². The van der Waals surface area contributed by atoms with Crippen LogP contribution in [-0.4, -0.2) is 31.1 Å². The van der Waals surface area contributed by atoms with Crippen LogP contribution in [0.4, 0.5) is 0 Å². The SMILES string of the molecule is CC1CCN(C[C@@H]2C[C@@H]2CN)CC1. The van der Waals surface area contributed by atoms with Gasteiger partial charge in [-0.2, -0.15) is 0 Å². The first kappa shape index (κ1) is 9.47. The van der Waals surface area contributed by atoms with E-state index >= 15 is 0 Å². The van der Waals surface area contributed by atoms with E-state index in [4.69, 9.17) is 5.73 Å². The van der Waals surface area contributed by atoms with E-state index < -0.39 is 0 Å². The zero-order chi connectivity index (χ0) is 9.26. The summed E-state index contributed by atoms with van der Waals surface area (Å²) in [5.41, 5.74) is 5.63. The summed E-state index contributed by atoms with van der Waals surface area (Å²) in [6.45, 7) is 7.27. The summed E-state index contributed by atoms with van der Waals surface area (Å²) < 4.78 is 0. The molecule has 0 spiro atoms. The van der Waals surface area contributed by atoms with Crippen molar-refractivity contribution in [2.45, 2.75) is 26.2 Å². The minimum Gasteiger partial charge on any atom is -0.330 e. The van der Waals surface area contributed by atoms with Crippen LogP contribution in [0.15, 0.2) is 0 Å². The second-order valence-corrected chi connectivity index (χ2v) is 4.97. The molecular formula is C11H22N2. The molecule has 0 aromatic heterocycles. The smallest absolute Gasteiger partial charge is 0.00129 e. The highest BCUT2D eigenvalue weighted by atomic mass is 15.1. The summed E-state index contributed by atoms with van der Waals surface area (Å²) in [4.78, 5) is 2.64. The number of rotatable bonds is 3. The zero-order valence-corrected chi connectivity index (χ0v) is 8.71. The summed E-state index contributed by atoms with van der Waals surface area (Å²) in [6, 6.07) is 0. The molecule has 2 nitrogen and oxygen atoms in total. The van der Waals surface area contributed by atoms with Crippen molar-refractivity contribution in [1.82, 2.24) is 4.90 Å². The molecule has 1 aliphatic heterocycles. The molecular weight excluding hydrogens is 160 g/mol. The standard InChI is InChI=1S/C11H22N2/c1-9-2-4-13(5-3-9)8-11-6-10(11)7-12/h9-11H,2-8,12H2,1H3/t10-,11+/m1/s1. The quantitative estimate of drug-likeness (QED) is 0.713. The van der Waals surface area contributed by atoms with E-state index in [1.165, 1.54) is 38.9 Å². The molecule has 76 valence electrons. The number of likely N-dealkylation sites (tertiary alicyclic amines) is 1. The van der Waals surface area contributed by atoms with Crippen LogP contribution in [0.25, 0.3) is 0 Å². The molecule has 0 aromatic carbocycles. The molecule has 0 amide bonds. The average molecular weight is 182 g/mol. The molecule has 1 saturated heterocycles. The Labute approximate surface area is 81.5 Å². The molecule has 2 heteroatoms. The topological polar surface area (TPSA) is 29.3 Å². The lowest BCUT2D eigenvalue weighted by molar-refractivity contribution is 0.183. The van der Waals surface area contributed by atoms with Crippen LogP contribution in [0.5, 0.6) is 0 Å². The van der Waals surface area contributed by atoms with E-state index in [0.717, 1.165) is 24.3 Å². The van der Waals surface area contributed by atoms with Gasteiger partial charge < -0.3 is 10.6 Å². The fourth-order valence-electron chi connectivity index (χ4n) is 2.40. The van der Waals surface area contributed by atoms with Crippen molar-refractivity contribution in [3.8, 4) is 0 Å². The van der Waals surface area contributed by atoms with E-state index in [9.17, 15) is 0 Å².